The molecule has 0 unspecified atom stereocenters. The van der Waals surface area contributed by atoms with E-state index in [1.54, 1.807) is 0 Å². The fourth-order valence-corrected chi connectivity index (χ4v) is 3.95. The Morgan fingerprint density at radius 2 is 1.64 bits per heavy atom. The topological polar surface area (TPSA) is 72.9 Å². The molecule has 0 radical (unpaired) electrons. The van der Waals surface area contributed by atoms with Crippen molar-refractivity contribution in [1.82, 2.24) is 9.55 Å². The lowest BCUT2D eigenvalue weighted by molar-refractivity contribution is 0.102. The first-order chi connectivity index (χ1) is 15.6. The second-order valence-corrected chi connectivity index (χ2v) is 8.17. The van der Waals surface area contributed by atoms with Gasteiger partial charge in [-0.25, -0.2) is 4.98 Å². The summed E-state index contributed by atoms with van der Waals surface area (Å²) in [5.41, 5.74) is 11.9. The molecule has 33 heavy (non-hydrogen) atoms. The van der Waals surface area contributed by atoms with E-state index in [2.05, 4.69) is 41.5 Å². The Balaban J connectivity index is 0.00000306. The molecule has 0 aliphatic rings. The van der Waals surface area contributed by atoms with Gasteiger partial charge in [-0.3, -0.25) is 4.79 Å². The summed E-state index contributed by atoms with van der Waals surface area (Å²) in [6.45, 7) is 2.98. The second-order valence-electron chi connectivity index (χ2n) is 8.17. The fourth-order valence-electron chi connectivity index (χ4n) is 3.95. The molecule has 0 saturated heterocycles. The van der Waals surface area contributed by atoms with Crippen molar-refractivity contribution >= 4 is 41.0 Å². The van der Waals surface area contributed by atoms with Gasteiger partial charge in [-0.05, 0) is 67.1 Å². The summed E-state index contributed by atoms with van der Waals surface area (Å²) in [4.78, 5) is 17.2. The van der Waals surface area contributed by atoms with E-state index in [9.17, 15) is 4.79 Å². The maximum atomic E-state index is 12.7. The predicted molar refractivity (Wildman–Crippen MR) is 139 cm³/mol. The third kappa shape index (κ3) is 6.14. The number of nitrogens with two attached hydrogens (primary N) is 1. The minimum Gasteiger partial charge on any atom is -0.369 e. The maximum absolute atomic E-state index is 12.7. The number of anilines is 2. The first-order valence-corrected chi connectivity index (χ1v) is 11.3. The number of hydrogen-bond acceptors (Lipinski definition) is 3. The molecule has 0 aliphatic carbocycles. The lowest BCUT2D eigenvalue weighted by Gasteiger charge is -2.08. The van der Waals surface area contributed by atoms with Gasteiger partial charge in [0.1, 0.15) is 0 Å². The summed E-state index contributed by atoms with van der Waals surface area (Å²) in [5.74, 6) is 0.376. The van der Waals surface area contributed by atoms with Crippen LogP contribution in [0.1, 0.15) is 47.7 Å². The zero-order valence-electron chi connectivity index (χ0n) is 19.0. The molecular weight excluding hydrogens is 432 g/mol. The smallest absolute Gasteiger partial charge is 0.255 e. The SMILES string of the molecule is CCCCc1ccc(C(=O)Nc2ccc3c(c2)nc(N)n3CCCc2ccccc2)cc1.Cl. The predicted octanol–water partition coefficient (Wildman–Crippen LogP) is 6.27. The van der Waals surface area contributed by atoms with Crippen LogP contribution in [0.15, 0.2) is 72.8 Å². The van der Waals surface area contributed by atoms with Gasteiger partial charge in [0.15, 0.2) is 0 Å². The molecule has 3 N–H and O–H groups in total. The molecule has 5 nitrogen and oxygen atoms in total. The number of nitrogens with zero attached hydrogens (tertiary/aromatic N) is 2. The van der Waals surface area contributed by atoms with E-state index in [1.807, 2.05) is 53.1 Å². The highest BCUT2D eigenvalue weighted by Crippen LogP contribution is 2.23. The standard InChI is InChI=1S/C27H30N4O.ClH/c1-2-3-8-21-12-14-22(15-13-21)26(32)29-23-16-17-25-24(19-23)30-27(28)31(25)18-7-11-20-9-5-4-6-10-20;/h4-6,9-10,12-17,19H,2-3,7-8,11,18H2,1H3,(H2,28,30)(H,29,32);1H. The van der Waals surface area contributed by atoms with Gasteiger partial charge in [0.05, 0.1) is 11.0 Å². The van der Waals surface area contributed by atoms with Crippen LogP contribution in [0.2, 0.25) is 0 Å². The van der Waals surface area contributed by atoms with E-state index in [-0.39, 0.29) is 18.3 Å². The molecule has 0 atom stereocenters. The first kappa shape index (κ1) is 24.3. The molecule has 6 heteroatoms. The van der Waals surface area contributed by atoms with Crippen molar-refractivity contribution in [2.45, 2.75) is 45.6 Å². The third-order valence-electron chi connectivity index (χ3n) is 5.76. The van der Waals surface area contributed by atoms with Gasteiger partial charge < -0.3 is 15.6 Å². The molecule has 0 bridgehead atoms. The summed E-state index contributed by atoms with van der Waals surface area (Å²) in [5, 5.41) is 2.98. The molecule has 0 fully saturated rings. The number of halogens is 1. The van der Waals surface area contributed by atoms with Gasteiger partial charge in [0, 0.05) is 17.8 Å². The highest BCUT2D eigenvalue weighted by Gasteiger charge is 2.11. The minimum atomic E-state index is -0.123. The van der Waals surface area contributed by atoms with E-state index < -0.39 is 0 Å². The number of nitrogens with one attached hydrogen (secondary N) is 1. The summed E-state index contributed by atoms with van der Waals surface area (Å²) < 4.78 is 2.04. The molecule has 1 amide bonds. The molecule has 0 saturated carbocycles. The van der Waals surface area contributed by atoms with Crippen molar-refractivity contribution in [2.24, 2.45) is 0 Å². The minimum absolute atomic E-state index is 0. The van der Waals surface area contributed by atoms with E-state index in [1.165, 1.54) is 11.1 Å². The maximum Gasteiger partial charge on any atom is 0.255 e. The molecule has 1 aromatic heterocycles. The number of rotatable bonds is 9. The number of imidazole rings is 1. The van der Waals surface area contributed by atoms with Crippen LogP contribution in [0.3, 0.4) is 0 Å². The molecule has 4 aromatic rings. The van der Waals surface area contributed by atoms with E-state index in [4.69, 9.17) is 5.73 Å². The highest BCUT2D eigenvalue weighted by molar-refractivity contribution is 6.05. The largest absolute Gasteiger partial charge is 0.369 e. The molecule has 0 spiro atoms. The monoisotopic (exact) mass is 462 g/mol. The number of hydrogen-bond donors (Lipinski definition) is 2. The van der Waals surface area contributed by atoms with Gasteiger partial charge in [0.2, 0.25) is 5.95 Å². The number of aryl methyl sites for hydroxylation is 3. The van der Waals surface area contributed by atoms with Crippen LogP contribution < -0.4 is 11.1 Å². The second kappa shape index (κ2) is 11.5. The van der Waals surface area contributed by atoms with Crippen LogP contribution in [0.25, 0.3) is 11.0 Å². The third-order valence-corrected chi connectivity index (χ3v) is 5.76. The number of benzene rings is 3. The average molecular weight is 463 g/mol. The Bertz CT molecular complexity index is 1190. The van der Waals surface area contributed by atoms with Crippen LogP contribution in [0.4, 0.5) is 11.6 Å². The highest BCUT2D eigenvalue weighted by atomic mass is 35.5. The van der Waals surface area contributed by atoms with Crippen LogP contribution in [0.5, 0.6) is 0 Å². The van der Waals surface area contributed by atoms with Crippen molar-refractivity contribution < 1.29 is 4.79 Å². The summed E-state index contributed by atoms with van der Waals surface area (Å²) >= 11 is 0. The van der Waals surface area contributed by atoms with Crippen LogP contribution in [-0.4, -0.2) is 15.5 Å². The number of carbonyl (C=O) groups excluding carboxylic acids is 1. The lowest BCUT2D eigenvalue weighted by atomic mass is 10.1. The van der Waals surface area contributed by atoms with Crippen molar-refractivity contribution in [1.29, 1.82) is 0 Å². The molecular formula is C27H31ClN4O. The number of fused-ring (bicyclic) bond motifs is 1. The van der Waals surface area contributed by atoms with Crippen molar-refractivity contribution in [3.8, 4) is 0 Å². The summed E-state index contributed by atoms with van der Waals surface area (Å²) in [6.07, 6.45) is 5.34. The number of carbonyl (C=O) groups is 1. The number of aromatic nitrogens is 2. The molecule has 3 aromatic carbocycles. The Morgan fingerprint density at radius 3 is 2.36 bits per heavy atom. The van der Waals surface area contributed by atoms with Gasteiger partial charge in [-0.15, -0.1) is 12.4 Å². The van der Waals surface area contributed by atoms with Crippen LogP contribution in [-0.2, 0) is 19.4 Å². The van der Waals surface area contributed by atoms with Crippen LogP contribution in [0, 0.1) is 0 Å². The Labute approximate surface area is 201 Å². The van der Waals surface area contributed by atoms with E-state index in [0.717, 1.165) is 49.7 Å². The Morgan fingerprint density at radius 1 is 0.939 bits per heavy atom. The zero-order chi connectivity index (χ0) is 22.3. The van der Waals surface area contributed by atoms with Gasteiger partial charge in [-0.2, -0.15) is 0 Å². The van der Waals surface area contributed by atoms with Gasteiger partial charge in [0.25, 0.3) is 5.91 Å². The van der Waals surface area contributed by atoms with Crippen LogP contribution >= 0.6 is 12.4 Å². The molecule has 172 valence electrons. The lowest BCUT2D eigenvalue weighted by Crippen LogP contribution is -2.11. The normalized spacial score (nSPS) is 10.7. The zero-order valence-corrected chi connectivity index (χ0v) is 19.8. The summed E-state index contributed by atoms with van der Waals surface area (Å²) in [6, 6.07) is 24.0. The average Bonchev–Trinajstić information content (AvgIpc) is 3.13. The Kier molecular flexibility index (Phi) is 8.50. The van der Waals surface area contributed by atoms with Crippen molar-refractivity contribution in [2.75, 3.05) is 11.1 Å². The number of nitrogen functional groups attached to an aromatic ring is 1. The van der Waals surface area contributed by atoms with Gasteiger partial charge >= 0.3 is 0 Å². The Hall–Kier alpha value is -3.31. The van der Waals surface area contributed by atoms with Crippen molar-refractivity contribution in [3.63, 3.8) is 0 Å². The first-order valence-electron chi connectivity index (χ1n) is 11.3. The van der Waals surface area contributed by atoms with E-state index in [0.29, 0.717) is 17.2 Å². The molecule has 0 aliphatic heterocycles. The fraction of sp³-hybridized carbons (Fsp3) is 0.259. The van der Waals surface area contributed by atoms with E-state index >= 15 is 0 Å². The number of amides is 1. The molecule has 1 heterocycles. The number of unbranched alkanes of at least 4 members (excludes halogenated alkanes) is 1. The molecule has 4 rings (SSSR count). The quantitative estimate of drug-likeness (QED) is 0.308. The van der Waals surface area contributed by atoms with Crippen molar-refractivity contribution in [3.05, 3.63) is 89.5 Å². The van der Waals surface area contributed by atoms with Gasteiger partial charge in [-0.1, -0.05) is 55.8 Å². The summed E-state index contributed by atoms with van der Waals surface area (Å²) in [7, 11) is 0.